The predicted octanol–water partition coefficient (Wildman–Crippen LogP) is 4.89. The van der Waals surface area contributed by atoms with Gasteiger partial charge in [-0.2, -0.15) is 0 Å². The van der Waals surface area contributed by atoms with E-state index in [9.17, 15) is 18.0 Å². The van der Waals surface area contributed by atoms with Gasteiger partial charge in [0.2, 0.25) is 0 Å². The number of nitrogens with one attached hydrogen (secondary N) is 2. The Kier molecular flexibility index (Phi) is 8.89. The minimum Gasteiger partial charge on any atom is -0.452 e. The van der Waals surface area contributed by atoms with Crippen molar-refractivity contribution >= 4 is 54.9 Å². The molecule has 3 rings (SSSR count). The summed E-state index contributed by atoms with van der Waals surface area (Å²) in [6.45, 7) is 5.36. The first-order valence-corrected chi connectivity index (χ1v) is 13.2. The minimum atomic E-state index is -3.93. The number of hydrogen-bond acceptors (Lipinski definition) is 6. The second-order valence-electron chi connectivity index (χ2n) is 7.45. The standard InChI is InChI=1S/C25H26BrN3O5S/c1-3-29(4-2)20-13-11-19(12-14-20)27-24(30)17-34-25(31)22-7-5-6-8-23(22)28-35(32,33)21-15-9-18(26)10-16-21/h5-16,28H,3-4,17H2,1-2H3,(H,27,30). The molecule has 3 aromatic carbocycles. The number of esters is 1. The SMILES string of the molecule is CCN(CC)c1ccc(NC(=O)COC(=O)c2ccccc2NS(=O)(=O)c2ccc(Br)cc2)cc1. The number of para-hydroxylation sites is 1. The first-order chi connectivity index (χ1) is 16.7. The van der Waals surface area contributed by atoms with E-state index in [0.29, 0.717) is 5.69 Å². The van der Waals surface area contributed by atoms with Crippen LogP contribution in [-0.4, -0.2) is 40.0 Å². The van der Waals surface area contributed by atoms with Crippen molar-refractivity contribution in [1.82, 2.24) is 0 Å². The van der Waals surface area contributed by atoms with Gasteiger partial charge in [-0.1, -0.05) is 28.1 Å². The Morgan fingerprint density at radius 1 is 0.914 bits per heavy atom. The molecule has 0 aliphatic heterocycles. The van der Waals surface area contributed by atoms with Gasteiger partial charge in [-0.05, 0) is 74.5 Å². The molecule has 0 atom stereocenters. The zero-order valence-corrected chi connectivity index (χ0v) is 21.7. The maximum Gasteiger partial charge on any atom is 0.340 e. The van der Waals surface area contributed by atoms with Crippen molar-refractivity contribution in [2.75, 3.05) is 34.6 Å². The van der Waals surface area contributed by atoms with Crippen molar-refractivity contribution in [3.8, 4) is 0 Å². The summed E-state index contributed by atoms with van der Waals surface area (Å²) in [6.07, 6.45) is 0. The van der Waals surface area contributed by atoms with E-state index < -0.39 is 28.5 Å². The summed E-state index contributed by atoms with van der Waals surface area (Å²) in [5.74, 6) is -1.34. The predicted molar refractivity (Wildman–Crippen MR) is 140 cm³/mol. The molecule has 0 saturated heterocycles. The van der Waals surface area contributed by atoms with E-state index in [-0.39, 0.29) is 16.1 Å². The zero-order chi connectivity index (χ0) is 25.4. The number of sulfonamides is 1. The number of anilines is 3. The molecular formula is C25H26BrN3O5S. The van der Waals surface area contributed by atoms with E-state index in [1.807, 2.05) is 12.1 Å². The van der Waals surface area contributed by atoms with Gasteiger partial charge in [0, 0.05) is 28.9 Å². The van der Waals surface area contributed by atoms with Crippen LogP contribution in [0, 0.1) is 0 Å². The third-order valence-corrected chi connectivity index (χ3v) is 7.04. The van der Waals surface area contributed by atoms with Crippen molar-refractivity contribution in [3.05, 3.63) is 82.8 Å². The lowest BCUT2D eigenvalue weighted by Gasteiger charge is -2.21. The summed E-state index contributed by atoms with van der Waals surface area (Å²) in [6, 6.07) is 19.5. The Balaban J connectivity index is 1.62. The van der Waals surface area contributed by atoms with Gasteiger partial charge in [0.1, 0.15) is 0 Å². The normalized spacial score (nSPS) is 10.9. The molecule has 0 heterocycles. The van der Waals surface area contributed by atoms with Crippen LogP contribution < -0.4 is 14.9 Å². The third-order valence-electron chi connectivity index (χ3n) is 5.13. The van der Waals surface area contributed by atoms with Crippen LogP contribution in [0.2, 0.25) is 0 Å². The smallest absolute Gasteiger partial charge is 0.340 e. The van der Waals surface area contributed by atoms with E-state index in [1.165, 1.54) is 24.3 Å². The molecule has 2 N–H and O–H groups in total. The first kappa shape index (κ1) is 26.2. The van der Waals surface area contributed by atoms with Gasteiger partial charge < -0.3 is 15.0 Å². The molecule has 0 fully saturated rings. The summed E-state index contributed by atoms with van der Waals surface area (Å²) in [5.41, 5.74) is 1.66. The van der Waals surface area contributed by atoms with E-state index in [0.717, 1.165) is 23.2 Å². The molecule has 0 unspecified atom stereocenters. The molecule has 0 radical (unpaired) electrons. The van der Waals surface area contributed by atoms with Crippen molar-refractivity contribution < 1.29 is 22.7 Å². The highest BCUT2D eigenvalue weighted by Crippen LogP contribution is 2.22. The Bertz CT molecular complexity index is 1280. The number of hydrogen-bond donors (Lipinski definition) is 2. The lowest BCUT2D eigenvalue weighted by molar-refractivity contribution is -0.119. The molecule has 0 aliphatic carbocycles. The average Bonchev–Trinajstić information content (AvgIpc) is 2.85. The van der Waals surface area contributed by atoms with E-state index in [1.54, 1.807) is 36.4 Å². The Hall–Kier alpha value is -3.37. The molecule has 0 aromatic heterocycles. The van der Waals surface area contributed by atoms with Crippen LogP contribution in [0.25, 0.3) is 0 Å². The summed E-state index contributed by atoms with van der Waals surface area (Å²) < 4.78 is 33.7. The summed E-state index contributed by atoms with van der Waals surface area (Å²) in [7, 11) is -3.93. The summed E-state index contributed by atoms with van der Waals surface area (Å²) >= 11 is 3.26. The molecule has 35 heavy (non-hydrogen) atoms. The Morgan fingerprint density at radius 3 is 2.17 bits per heavy atom. The van der Waals surface area contributed by atoms with Gasteiger partial charge in [-0.3, -0.25) is 9.52 Å². The van der Waals surface area contributed by atoms with Crippen molar-refractivity contribution in [1.29, 1.82) is 0 Å². The van der Waals surface area contributed by atoms with Gasteiger partial charge in [0.05, 0.1) is 16.1 Å². The molecule has 10 heteroatoms. The number of carbonyl (C=O) groups excluding carboxylic acids is 2. The van der Waals surface area contributed by atoms with Gasteiger partial charge in [-0.15, -0.1) is 0 Å². The summed E-state index contributed by atoms with van der Waals surface area (Å²) in [4.78, 5) is 27.1. The number of rotatable bonds is 10. The second-order valence-corrected chi connectivity index (χ2v) is 10.0. The highest BCUT2D eigenvalue weighted by molar-refractivity contribution is 9.10. The second kappa shape index (κ2) is 11.9. The summed E-state index contributed by atoms with van der Waals surface area (Å²) in [5, 5.41) is 2.68. The Morgan fingerprint density at radius 2 is 1.54 bits per heavy atom. The molecule has 0 bridgehead atoms. The molecule has 184 valence electrons. The lowest BCUT2D eigenvalue weighted by atomic mass is 10.2. The van der Waals surface area contributed by atoms with Crippen LogP contribution in [-0.2, 0) is 19.6 Å². The first-order valence-electron chi connectivity index (χ1n) is 10.9. The molecule has 8 nitrogen and oxygen atoms in total. The zero-order valence-electron chi connectivity index (χ0n) is 19.3. The molecule has 1 amide bonds. The third kappa shape index (κ3) is 7.06. The molecule has 0 spiro atoms. The van der Waals surface area contributed by atoms with E-state index in [4.69, 9.17) is 4.74 Å². The maximum absolute atomic E-state index is 12.7. The number of carbonyl (C=O) groups is 2. The van der Waals surface area contributed by atoms with Crippen LogP contribution in [0.5, 0.6) is 0 Å². The van der Waals surface area contributed by atoms with Gasteiger partial charge in [0.15, 0.2) is 6.61 Å². The highest BCUT2D eigenvalue weighted by Gasteiger charge is 2.20. The number of benzene rings is 3. The maximum atomic E-state index is 12.7. The van der Waals surface area contributed by atoms with E-state index >= 15 is 0 Å². The Labute approximate surface area is 213 Å². The molecular weight excluding hydrogens is 534 g/mol. The number of ether oxygens (including phenoxy) is 1. The van der Waals surface area contributed by atoms with Crippen LogP contribution in [0.15, 0.2) is 82.2 Å². The van der Waals surface area contributed by atoms with Crippen molar-refractivity contribution in [3.63, 3.8) is 0 Å². The van der Waals surface area contributed by atoms with Crippen LogP contribution in [0.1, 0.15) is 24.2 Å². The lowest BCUT2D eigenvalue weighted by Crippen LogP contribution is -2.23. The quantitative estimate of drug-likeness (QED) is 0.342. The van der Waals surface area contributed by atoms with Crippen LogP contribution in [0.4, 0.5) is 17.1 Å². The fraction of sp³-hybridized carbons (Fsp3) is 0.200. The minimum absolute atomic E-state index is 0.00966. The van der Waals surface area contributed by atoms with Gasteiger partial charge in [0.25, 0.3) is 15.9 Å². The monoisotopic (exact) mass is 559 g/mol. The fourth-order valence-corrected chi connectivity index (χ4v) is 4.66. The molecule has 3 aromatic rings. The fourth-order valence-electron chi connectivity index (χ4n) is 3.32. The number of amides is 1. The molecule has 0 saturated carbocycles. The number of nitrogens with zero attached hydrogens (tertiary/aromatic N) is 1. The van der Waals surface area contributed by atoms with Crippen LogP contribution >= 0.6 is 15.9 Å². The van der Waals surface area contributed by atoms with E-state index in [2.05, 4.69) is 44.7 Å². The van der Waals surface area contributed by atoms with Crippen molar-refractivity contribution in [2.24, 2.45) is 0 Å². The highest BCUT2D eigenvalue weighted by atomic mass is 79.9. The average molecular weight is 560 g/mol. The molecule has 0 aliphatic rings. The number of halogens is 1. The van der Waals surface area contributed by atoms with Crippen LogP contribution in [0.3, 0.4) is 0 Å². The van der Waals surface area contributed by atoms with Gasteiger partial charge >= 0.3 is 5.97 Å². The largest absolute Gasteiger partial charge is 0.452 e. The van der Waals surface area contributed by atoms with Gasteiger partial charge in [-0.25, -0.2) is 13.2 Å². The topological polar surface area (TPSA) is 105 Å². The van der Waals surface area contributed by atoms with Crippen molar-refractivity contribution in [2.45, 2.75) is 18.7 Å².